The summed E-state index contributed by atoms with van der Waals surface area (Å²) in [6, 6.07) is 11.4. The van der Waals surface area contributed by atoms with Gasteiger partial charge in [-0.2, -0.15) is 13.2 Å². The highest BCUT2D eigenvalue weighted by molar-refractivity contribution is 9.10. The minimum Gasteiger partial charge on any atom is -0.321 e. The molecule has 0 saturated carbocycles. The Morgan fingerprint density at radius 2 is 1.76 bits per heavy atom. The number of Topliss-reactive ketones (excluding diaryl/α,β-unsaturated/α-hetero) is 1. The van der Waals surface area contributed by atoms with E-state index >= 15 is 0 Å². The van der Waals surface area contributed by atoms with Crippen molar-refractivity contribution in [2.45, 2.75) is 13.1 Å². The van der Waals surface area contributed by atoms with Gasteiger partial charge in [0, 0.05) is 4.47 Å². The monoisotopic (exact) mass is 411 g/mol. The van der Waals surface area contributed by atoms with Gasteiger partial charge in [-0.3, -0.25) is 9.59 Å². The van der Waals surface area contributed by atoms with Crippen molar-refractivity contribution >= 4 is 39.4 Å². The molecule has 0 atom stereocenters. The Balaban J connectivity index is 2.36. The van der Waals surface area contributed by atoms with Gasteiger partial charge in [0.2, 0.25) is 0 Å². The Kier molecular flexibility index (Phi) is 5.79. The third kappa shape index (κ3) is 5.03. The zero-order valence-corrected chi connectivity index (χ0v) is 14.6. The predicted octanol–water partition coefficient (Wildman–Crippen LogP) is 5.08. The molecule has 25 heavy (non-hydrogen) atoms. The zero-order valence-electron chi connectivity index (χ0n) is 13.0. The average Bonchev–Trinajstić information content (AvgIpc) is 2.51. The molecule has 0 bridgehead atoms. The molecule has 0 aromatic heterocycles. The van der Waals surface area contributed by atoms with Crippen LogP contribution in [0.3, 0.4) is 0 Å². The van der Waals surface area contributed by atoms with Crippen molar-refractivity contribution in [3.05, 3.63) is 69.7 Å². The van der Waals surface area contributed by atoms with Crippen LogP contribution in [0.25, 0.3) is 6.08 Å². The lowest BCUT2D eigenvalue weighted by Gasteiger charge is -2.14. The van der Waals surface area contributed by atoms with Crippen molar-refractivity contribution in [3.63, 3.8) is 0 Å². The second kappa shape index (κ2) is 7.65. The lowest BCUT2D eigenvalue weighted by atomic mass is 10.1. The van der Waals surface area contributed by atoms with Crippen molar-refractivity contribution in [2.75, 3.05) is 5.32 Å². The first-order chi connectivity index (χ1) is 11.7. The quantitative estimate of drug-likeness (QED) is 0.433. The minimum atomic E-state index is -4.62. The van der Waals surface area contributed by atoms with Crippen LogP contribution in [0, 0.1) is 0 Å². The maximum absolute atomic E-state index is 13.0. The van der Waals surface area contributed by atoms with Crippen molar-refractivity contribution in [1.82, 2.24) is 0 Å². The van der Waals surface area contributed by atoms with Crippen molar-refractivity contribution < 1.29 is 22.8 Å². The molecule has 0 aliphatic rings. The number of alkyl halides is 3. The van der Waals surface area contributed by atoms with Crippen molar-refractivity contribution in [1.29, 1.82) is 0 Å². The van der Waals surface area contributed by atoms with Gasteiger partial charge < -0.3 is 5.32 Å². The first-order valence-electron chi connectivity index (χ1n) is 7.14. The number of rotatable bonds is 4. The molecular weight excluding hydrogens is 399 g/mol. The standard InChI is InChI=1S/C18H13BrF3NO2/c1-11(24)14(10-12-5-4-6-13(19)9-12)17(25)23-16-8-3-2-7-15(16)18(20,21)22/h2-10H,1H3,(H,23,25)/b14-10+. The van der Waals surface area contributed by atoms with E-state index in [1.807, 2.05) is 0 Å². The number of nitrogens with one attached hydrogen (secondary N) is 1. The van der Waals surface area contributed by atoms with Crippen LogP contribution in [0.15, 0.2) is 58.6 Å². The van der Waals surface area contributed by atoms with Crippen molar-refractivity contribution in [3.8, 4) is 0 Å². The van der Waals surface area contributed by atoms with E-state index in [-0.39, 0.29) is 5.57 Å². The highest BCUT2D eigenvalue weighted by Gasteiger charge is 2.33. The fourth-order valence-electron chi connectivity index (χ4n) is 2.12. The molecule has 0 heterocycles. The van der Waals surface area contributed by atoms with Crippen LogP contribution in [0.1, 0.15) is 18.1 Å². The van der Waals surface area contributed by atoms with E-state index in [2.05, 4.69) is 21.2 Å². The van der Waals surface area contributed by atoms with E-state index in [9.17, 15) is 22.8 Å². The van der Waals surface area contributed by atoms with Gasteiger partial charge in [-0.25, -0.2) is 0 Å². The highest BCUT2D eigenvalue weighted by Crippen LogP contribution is 2.34. The Labute approximate surface area is 150 Å². The van der Waals surface area contributed by atoms with E-state index in [0.717, 1.165) is 16.6 Å². The van der Waals surface area contributed by atoms with Crippen LogP contribution in [-0.4, -0.2) is 11.7 Å². The third-order valence-electron chi connectivity index (χ3n) is 3.26. The molecule has 2 aromatic rings. The summed E-state index contributed by atoms with van der Waals surface area (Å²) in [5.74, 6) is -1.45. The molecule has 7 heteroatoms. The number of carbonyl (C=O) groups excluding carboxylic acids is 2. The van der Waals surface area contributed by atoms with Gasteiger partial charge in [-0.05, 0) is 42.8 Å². The summed E-state index contributed by atoms with van der Waals surface area (Å²) in [5, 5.41) is 2.17. The van der Waals surface area contributed by atoms with E-state index in [4.69, 9.17) is 0 Å². The SMILES string of the molecule is CC(=O)/C(=C\c1cccc(Br)c1)C(=O)Nc1ccccc1C(F)(F)F. The Bertz CT molecular complexity index is 844. The zero-order chi connectivity index (χ0) is 18.6. The van der Waals surface area contributed by atoms with Gasteiger partial charge in [-0.1, -0.05) is 40.2 Å². The third-order valence-corrected chi connectivity index (χ3v) is 3.76. The van der Waals surface area contributed by atoms with Crippen LogP contribution < -0.4 is 5.32 Å². The molecule has 1 N–H and O–H groups in total. The number of carbonyl (C=O) groups is 2. The molecule has 3 nitrogen and oxygen atoms in total. The fraction of sp³-hybridized carbons (Fsp3) is 0.111. The summed E-state index contributed by atoms with van der Waals surface area (Å²) in [4.78, 5) is 24.1. The molecule has 0 spiro atoms. The molecule has 0 saturated heterocycles. The first kappa shape index (κ1) is 18.9. The molecular formula is C18H13BrF3NO2. The summed E-state index contributed by atoms with van der Waals surface area (Å²) in [7, 11) is 0. The van der Waals surface area contributed by atoms with E-state index in [1.165, 1.54) is 25.1 Å². The lowest BCUT2D eigenvalue weighted by molar-refractivity contribution is -0.137. The fourth-order valence-corrected chi connectivity index (χ4v) is 2.54. The summed E-state index contributed by atoms with van der Waals surface area (Å²) < 4.78 is 39.8. The number of ketones is 1. The lowest BCUT2D eigenvalue weighted by Crippen LogP contribution is -2.21. The van der Waals surface area contributed by atoms with Crippen molar-refractivity contribution in [2.24, 2.45) is 0 Å². The number of hydrogen-bond donors (Lipinski definition) is 1. The second-order valence-electron chi connectivity index (χ2n) is 5.17. The number of benzene rings is 2. The average molecular weight is 412 g/mol. The molecule has 0 radical (unpaired) electrons. The van der Waals surface area contributed by atoms with Gasteiger partial charge in [0.15, 0.2) is 5.78 Å². The second-order valence-corrected chi connectivity index (χ2v) is 6.08. The maximum Gasteiger partial charge on any atom is 0.418 e. The number of amides is 1. The van der Waals surface area contributed by atoms with Crippen LogP contribution in [0.2, 0.25) is 0 Å². The first-order valence-corrected chi connectivity index (χ1v) is 7.93. The molecule has 0 unspecified atom stereocenters. The summed E-state index contributed by atoms with van der Waals surface area (Å²) in [5.41, 5.74) is -1.05. The summed E-state index contributed by atoms with van der Waals surface area (Å²) >= 11 is 3.27. The number of hydrogen-bond acceptors (Lipinski definition) is 2. The molecule has 0 fully saturated rings. The van der Waals surface area contributed by atoms with Gasteiger partial charge >= 0.3 is 6.18 Å². The largest absolute Gasteiger partial charge is 0.418 e. The topological polar surface area (TPSA) is 46.2 Å². The van der Waals surface area contributed by atoms with E-state index < -0.39 is 29.1 Å². The minimum absolute atomic E-state index is 0.241. The van der Waals surface area contributed by atoms with Crippen LogP contribution in [-0.2, 0) is 15.8 Å². The Morgan fingerprint density at radius 3 is 2.36 bits per heavy atom. The Morgan fingerprint density at radius 1 is 1.08 bits per heavy atom. The van der Waals surface area contributed by atoms with Gasteiger partial charge in [-0.15, -0.1) is 0 Å². The summed E-state index contributed by atoms with van der Waals surface area (Å²) in [6.45, 7) is 1.18. The van der Waals surface area contributed by atoms with Crippen LogP contribution in [0.5, 0.6) is 0 Å². The summed E-state index contributed by atoms with van der Waals surface area (Å²) in [6.07, 6.45) is -3.28. The van der Waals surface area contributed by atoms with E-state index in [1.54, 1.807) is 24.3 Å². The van der Waals surface area contributed by atoms with Crippen LogP contribution >= 0.6 is 15.9 Å². The van der Waals surface area contributed by atoms with Gasteiger partial charge in [0.1, 0.15) is 0 Å². The maximum atomic E-state index is 13.0. The van der Waals surface area contributed by atoms with Gasteiger partial charge in [0.05, 0.1) is 16.8 Å². The molecule has 0 aliphatic heterocycles. The number of halogens is 4. The smallest absolute Gasteiger partial charge is 0.321 e. The number of para-hydroxylation sites is 1. The highest BCUT2D eigenvalue weighted by atomic mass is 79.9. The molecule has 2 rings (SSSR count). The molecule has 0 aliphatic carbocycles. The Hall–Kier alpha value is -2.41. The van der Waals surface area contributed by atoms with Crippen LogP contribution in [0.4, 0.5) is 18.9 Å². The molecule has 130 valence electrons. The van der Waals surface area contributed by atoms with E-state index in [0.29, 0.717) is 5.56 Å². The normalized spacial score (nSPS) is 12.0. The van der Waals surface area contributed by atoms with Gasteiger partial charge in [0.25, 0.3) is 5.91 Å². The molecule has 2 aromatic carbocycles. The predicted molar refractivity (Wildman–Crippen MR) is 92.9 cm³/mol. The molecule has 1 amide bonds. The number of anilines is 1.